The largest absolute Gasteiger partial charge is 0.326 e. The molecule has 2 N–H and O–H groups in total. The normalized spacial score (nSPS) is 30.2. The first-order valence-electron chi connectivity index (χ1n) is 4.61. The van der Waals surface area contributed by atoms with Gasteiger partial charge in [-0.15, -0.1) is 0 Å². The summed E-state index contributed by atoms with van der Waals surface area (Å²) in [5, 5.41) is -0.511. The molecule has 3 nitrogen and oxygen atoms in total. The molecule has 1 aromatic rings. The number of sulfone groups is 1. The maximum atomic E-state index is 12.6. The van der Waals surface area contributed by atoms with Gasteiger partial charge in [-0.1, -0.05) is 12.1 Å². The van der Waals surface area contributed by atoms with E-state index in [1.165, 1.54) is 18.4 Å². The van der Waals surface area contributed by atoms with Gasteiger partial charge in [0.15, 0.2) is 9.84 Å². The molecule has 2 rings (SSSR count). The number of nitrogens with two attached hydrogens (primary N) is 1. The molecule has 0 aliphatic heterocycles. The predicted octanol–water partition coefficient (Wildman–Crippen LogP) is 0.663. The summed E-state index contributed by atoms with van der Waals surface area (Å²) >= 11 is 0. The monoisotopic (exact) mass is 229 g/mol. The molecule has 1 fully saturated rings. The molecule has 1 aromatic carbocycles. The van der Waals surface area contributed by atoms with E-state index in [0.717, 1.165) is 5.56 Å². The molecule has 5 heteroatoms. The maximum absolute atomic E-state index is 12.6. The van der Waals surface area contributed by atoms with Crippen LogP contribution < -0.4 is 5.73 Å². The average Bonchev–Trinajstić information content (AvgIpc) is 2.78. The Balaban J connectivity index is 2.26. The van der Waals surface area contributed by atoms with Crippen LogP contribution in [-0.2, 0) is 9.84 Å². The quantitative estimate of drug-likeness (QED) is 0.810. The van der Waals surface area contributed by atoms with Gasteiger partial charge in [0, 0.05) is 18.2 Å². The van der Waals surface area contributed by atoms with Crippen molar-refractivity contribution >= 4 is 9.84 Å². The summed E-state index contributed by atoms with van der Waals surface area (Å²) < 4.78 is 35.3. The maximum Gasteiger partial charge on any atom is 0.152 e. The van der Waals surface area contributed by atoms with Crippen LogP contribution in [0.3, 0.4) is 0 Å². The van der Waals surface area contributed by atoms with E-state index in [-0.39, 0.29) is 17.8 Å². The van der Waals surface area contributed by atoms with Crippen LogP contribution >= 0.6 is 0 Å². The van der Waals surface area contributed by atoms with Gasteiger partial charge in [-0.3, -0.25) is 0 Å². The third-order valence-electron chi connectivity index (χ3n) is 2.76. The molecular weight excluding hydrogens is 217 g/mol. The summed E-state index contributed by atoms with van der Waals surface area (Å²) in [5.41, 5.74) is 6.49. The molecule has 1 saturated carbocycles. The van der Waals surface area contributed by atoms with E-state index >= 15 is 0 Å². The summed E-state index contributed by atoms with van der Waals surface area (Å²) in [4.78, 5) is 0. The van der Waals surface area contributed by atoms with Gasteiger partial charge in [-0.2, -0.15) is 0 Å². The van der Waals surface area contributed by atoms with Crippen molar-refractivity contribution in [2.45, 2.75) is 17.2 Å². The Morgan fingerprint density at radius 3 is 2.20 bits per heavy atom. The predicted molar refractivity (Wildman–Crippen MR) is 55.7 cm³/mol. The van der Waals surface area contributed by atoms with Crippen molar-refractivity contribution in [1.29, 1.82) is 0 Å². The minimum atomic E-state index is -3.11. The molecule has 0 heterocycles. The van der Waals surface area contributed by atoms with Crippen molar-refractivity contribution in [2.75, 3.05) is 6.26 Å². The molecule has 0 spiro atoms. The van der Waals surface area contributed by atoms with Gasteiger partial charge in [0.05, 0.1) is 5.25 Å². The molecule has 0 aromatic heterocycles. The summed E-state index contributed by atoms with van der Waals surface area (Å²) in [6.45, 7) is 0. The van der Waals surface area contributed by atoms with Gasteiger partial charge < -0.3 is 5.73 Å². The van der Waals surface area contributed by atoms with E-state index < -0.39 is 15.1 Å². The Morgan fingerprint density at radius 1 is 1.27 bits per heavy atom. The van der Waals surface area contributed by atoms with Crippen LogP contribution in [0.25, 0.3) is 0 Å². The van der Waals surface area contributed by atoms with E-state index in [9.17, 15) is 12.8 Å². The Hall–Kier alpha value is -0.940. The number of hydrogen-bond donors (Lipinski definition) is 1. The van der Waals surface area contributed by atoms with Crippen LogP contribution in [0.5, 0.6) is 0 Å². The zero-order valence-electron chi connectivity index (χ0n) is 8.22. The number of rotatable bonds is 2. The highest BCUT2D eigenvalue weighted by Crippen LogP contribution is 2.44. The Morgan fingerprint density at radius 2 is 1.80 bits per heavy atom. The number of benzene rings is 1. The van der Waals surface area contributed by atoms with E-state index in [0.29, 0.717) is 0 Å². The number of halogens is 1. The van der Waals surface area contributed by atoms with Crippen LogP contribution in [0.4, 0.5) is 4.39 Å². The Bertz CT molecular complexity index is 469. The second-order valence-electron chi connectivity index (χ2n) is 3.95. The summed E-state index contributed by atoms with van der Waals surface area (Å²) in [6, 6.07) is 5.46. The third kappa shape index (κ3) is 1.89. The fourth-order valence-corrected chi connectivity index (χ4v) is 3.47. The van der Waals surface area contributed by atoms with Crippen molar-refractivity contribution in [1.82, 2.24) is 0 Å². The lowest BCUT2D eigenvalue weighted by molar-refractivity contribution is 0.599. The van der Waals surface area contributed by atoms with Gasteiger partial charge >= 0.3 is 0 Å². The number of hydrogen-bond acceptors (Lipinski definition) is 3. The topological polar surface area (TPSA) is 60.2 Å². The molecule has 3 atom stereocenters. The summed E-state index contributed by atoms with van der Waals surface area (Å²) in [7, 11) is -3.11. The molecule has 0 bridgehead atoms. The van der Waals surface area contributed by atoms with Crippen molar-refractivity contribution in [2.24, 2.45) is 5.73 Å². The Labute approximate surface area is 88.0 Å². The Kier molecular flexibility index (Phi) is 2.31. The van der Waals surface area contributed by atoms with Gasteiger partial charge in [0.25, 0.3) is 0 Å². The lowest BCUT2D eigenvalue weighted by Gasteiger charge is -1.98. The molecule has 15 heavy (non-hydrogen) atoms. The van der Waals surface area contributed by atoms with Crippen molar-refractivity contribution in [3.8, 4) is 0 Å². The van der Waals surface area contributed by atoms with Crippen LogP contribution in [0.15, 0.2) is 24.3 Å². The standard InChI is InChI=1S/C10H12FNO2S/c1-15(13,14)10-8(9(10)12)6-2-4-7(11)5-3-6/h2-5,8-10H,12H2,1H3/t8-,9-,10+/m0/s1. The van der Waals surface area contributed by atoms with Crippen LogP contribution in [0.1, 0.15) is 11.5 Å². The molecule has 1 aliphatic rings. The first-order chi connectivity index (χ1) is 6.91. The molecule has 0 saturated heterocycles. The zero-order chi connectivity index (χ0) is 11.2. The third-order valence-corrected chi connectivity index (χ3v) is 4.35. The highest BCUT2D eigenvalue weighted by Gasteiger charge is 2.54. The van der Waals surface area contributed by atoms with Crippen molar-refractivity contribution in [3.05, 3.63) is 35.6 Å². The van der Waals surface area contributed by atoms with Gasteiger partial charge in [-0.05, 0) is 17.7 Å². The second kappa shape index (κ2) is 3.28. The van der Waals surface area contributed by atoms with E-state index in [1.807, 2.05) is 0 Å². The molecular formula is C10H12FNO2S. The SMILES string of the molecule is CS(=O)(=O)[C@H]1[C@@H](N)[C@@H]1c1ccc(F)cc1. The zero-order valence-corrected chi connectivity index (χ0v) is 9.04. The van der Waals surface area contributed by atoms with Crippen LogP contribution in [-0.4, -0.2) is 26.0 Å². The lowest BCUT2D eigenvalue weighted by atomic mass is 10.1. The molecule has 1 aliphatic carbocycles. The summed E-state index contributed by atoms with van der Waals surface area (Å²) in [5.74, 6) is -0.510. The smallest absolute Gasteiger partial charge is 0.152 e. The van der Waals surface area contributed by atoms with Crippen LogP contribution in [0.2, 0.25) is 0 Å². The molecule has 0 radical (unpaired) electrons. The summed E-state index contributed by atoms with van der Waals surface area (Å²) in [6.07, 6.45) is 1.18. The van der Waals surface area contributed by atoms with Crippen LogP contribution in [0, 0.1) is 5.82 Å². The minimum Gasteiger partial charge on any atom is -0.326 e. The fraction of sp³-hybridized carbons (Fsp3) is 0.400. The van der Waals surface area contributed by atoms with E-state index in [1.54, 1.807) is 12.1 Å². The molecule has 0 amide bonds. The van der Waals surface area contributed by atoms with E-state index in [2.05, 4.69) is 0 Å². The fourth-order valence-electron chi connectivity index (χ4n) is 1.95. The van der Waals surface area contributed by atoms with E-state index in [4.69, 9.17) is 5.73 Å². The van der Waals surface area contributed by atoms with Crippen molar-refractivity contribution in [3.63, 3.8) is 0 Å². The molecule has 0 unspecified atom stereocenters. The minimum absolute atomic E-state index is 0.180. The first kappa shape index (κ1) is 10.6. The molecule has 82 valence electrons. The second-order valence-corrected chi connectivity index (χ2v) is 6.15. The van der Waals surface area contributed by atoms with Gasteiger partial charge in [-0.25, -0.2) is 12.8 Å². The van der Waals surface area contributed by atoms with Crippen molar-refractivity contribution < 1.29 is 12.8 Å². The highest BCUT2D eigenvalue weighted by atomic mass is 32.2. The lowest BCUT2D eigenvalue weighted by Crippen LogP contribution is -2.13. The highest BCUT2D eigenvalue weighted by molar-refractivity contribution is 7.91. The average molecular weight is 229 g/mol. The van der Waals surface area contributed by atoms with Gasteiger partial charge in [0.1, 0.15) is 5.82 Å². The van der Waals surface area contributed by atoms with Gasteiger partial charge in [0.2, 0.25) is 0 Å². The first-order valence-corrected chi connectivity index (χ1v) is 6.56.